The number of allylic oxidation sites excluding steroid dienone is 11. The van der Waals surface area contributed by atoms with Crippen LogP contribution in [0, 0.1) is 32.6 Å². The Hall–Kier alpha value is -5.40. The van der Waals surface area contributed by atoms with Gasteiger partial charge in [0.15, 0.2) is 0 Å². The van der Waals surface area contributed by atoms with E-state index in [9.17, 15) is 0 Å². The number of hydrogen-bond acceptors (Lipinski definition) is 1. The molecule has 0 saturated heterocycles. The maximum Gasteiger partial charge on any atom is 0.0514 e. The summed E-state index contributed by atoms with van der Waals surface area (Å²) >= 11 is 0. The van der Waals surface area contributed by atoms with Gasteiger partial charge in [-0.3, -0.25) is 0 Å². The third-order valence-electron chi connectivity index (χ3n) is 9.64. The van der Waals surface area contributed by atoms with Gasteiger partial charge < -0.3 is 4.90 Å². The summed E-state index contributed by atoms with van der Waals surface area (Å²) in [4.78, 5) is 2.25. The highest BCUT2D eigenvalue weighted by atomic mass is 15.1. The van der Waals surface area contributed by atoms with E-state index in [-0.39, 0.29) is 0 Å². The van der Waals surface area contributed by atoms with E-state index in [2.05, 4.69) is 174 Å². The molecule has 0 N–H and O–H groups in total. The molecule has 1 nitrogen and oxygen atoms in total. The summed E-state index contributed by atoms with van der Waals surface area (Å²) in [7, 11) is 0. The van der Waals surface area contributed by atoms with Crippen LogP contribution in [0.2, 0.25) is 0 Å². The van der Waals surface area contributed by atoms with Gasteiger partial charge in [-0.15, -0.1) is 0 Å². The molecule has 252 valence electrons. The minimum atomic E-state index is 0.292. The first-order valence-electron chi connectivity index (χ1n) is 17.8. The number of rotatable bonds is 8. The van der Waals surface area contributed by atoms with Crippen LogP contribution in [0.25, 0.3) is 30.4 Å². The van der Waals surface area contributed by atoms with Crippen LogP contribution in [0.1, 0.15) is 60.1 Å². The van der Waals surface area contributed by atoms with Crippen molar-refractivity contribution >= 4 is 36.1 Å². The Bertz CT molecular complexity index is 2060. The molecule has 1 saturated carbocycles. The lowest BCUT2D eigenvalue weighted by Crippen LogP contribution is -2.23. The molecule has 3 aromatic rings. The number of nitrogens with zero attached hydrogens (tertiary/aromatic N) is 1. The first-order valence-corrected chi connectivity index (χ1v) is 17.8. The van der Waals surface area contributed by atoms with Gasteiger partial charge in [0.25, 0.3) is 0 Å². The average molecular weight is 654 g/mol. The second-order valence-corrected chi connectivity index (χ2v) is 13.1. The van der Waals surface area contributed by atoms with Crippen LogP contribution in [0.3, 0.4) is 0 Å². The molecule has 3 aliphatic rings. The lowest BCUT2D eigenvalue weighted by atomic mass is 9.72. The van der Waals surface area contributed by atoms with Crippen molar-refractivity contribution in [1.29, 1.82) is 0 Å². The predicted molar refractivity (Wildman–Crippen MR) is 222 cm³/mol. The molecule has 0 heterocycles. The molecular formula is C49H51N. The predicted octanol–water partition coefficient (Wildman–Crippen LogP) is 11.7. The number of anilines is 1. The Morgan fingerprint density at radius 2 is 1.48 bits per heavy atom. The minimum Gasteiger partial charge on any atom is -0.317 e. The van der Waals surface area contributed by atoms with Gasteiger partial charge in [0.2, 0.25) is 0 Å². The third kappa shape index (κ3) is 7.90. The number of hydrogen-bond donors (Lipinski definition) is 0. The molecule has 50 heavy (non-hydrogen) atoms. The second-order valence-electron chi connectivity index (χ2n) is 13.1. The van der Waals surface area contributed by atoms with Crippen LogP contribution in [-0.4, -0.2) is 0 Å². The number of benzene rings is 3. The van der Waals surface area contributed by atoms with Crippen molar-refractivity contribution < 1.29 is 0 Å². The van der Waals surface area contributed by atoms with Gasteiger partial charge in [-0.25, -0.2) is 0 Å². The Labute approximate surface area is 300 Å². The van der Waals surface area contributed by atoms with Gasteiger partial charge in [0.05, 0.1) is 5.69 Å². The Morgan fingerprint density at radius 1 is 0.820 bits per heavy atom. The van der Waals surface area contributed by atoms with Crippen molar-refractivity contribution in [2.75, 3.05) is 4.90 Å². The maximum atomic E-state index is 4.57. The molecular weight excluding hydrogens is 603 g/mol. The van der Waals surface area contributed by atoms with Crippen molar-refractivity contribution in [3.05, 3.63) is 201 Å². The summed E-state index contributed by atoms with van der Waals surface area (Å²) in [5, 5.41) is 2.56. The number of aryl methyl sites for hydroxylation is 3. The molecule has 0 aromatic heterocycles. The average Bonchev–Trinajstić information content (AvgIpc) is 3.31. The van der Waals surface area contributed by atoms with Gasteiger partial charge in [0, 0.05) is 23.7 Å². The molecule has 0 amide bonds. The molecule has 2 atom stereocenters. The van der Waals surface area contributed by atoms with E-state index in [0.717, 1.165) is 57.6 Å². The minimum absolute atomic E-state index is 0.292. The zero-order valence-corrected chi connectivity index (χ0v) is 30.5. The van der Waals surface area contributed by atoms with Crippen molar-refractivity contribution in [2.24, 2.45) is 11.8 Å². The molecule has 0 spiro atoms. The molecule has 0 radical (unpaired) electrons. The van der Waals surface area contributed by atoms with Crippen LogP contribution in [-0.2, 0) is 0 Å². The van der Waals surface area contributed by atoms with Crippen molar-refractivity contribution in [2.45, 2.75) is 47.5 Å². The summed E-state index contributed by atoms with van der Waals surface area (Å²) in [6, 6.07) is 19.7. The van der Waals surface area contributed by atoms with Crippen LogP contribution < -0.4 is 15.3 Å². The van der Waals surface area contributed by atoms with Crippen molar-refractivity contribution in [3.63, 3.8) is 0 Å². The highest BCUT2D eigenvalue weighted by Crippen LogP contribution is 2.43. The van der Waals surface area contributed by atoms with Gasteiger partial charge in [0.1, 0.15) is 0 Å². The van der Waals surface area contributed by atoms with E-state index in [1.165, 1.54) is 32.7 Å². The third-order valence-corrected chi connectivity index (χ3v) is 9.64. The van der Waals surface area contributed by atoms with E-state index in [4.69, 9.17) is 0 Å². The first-order chi connectivity index (χ1) is 24.2. The van der Waals surface area contributed by atoms with Crippen LogP contribution in [0.4, 0.5) is 5.69 Å². The fraction of sp³-hybridized carbons (Fsp3) is 0.184. The van der Waals surface area contributed by atoms with E-state index in [1.54, 1.807) is 0 Å². The highest BCUT2D eigenvalue weighted by Gasteiger charge is 2.30. The van der Waals surface area contributed by atoms with Crippen molar-refractivity contribution in [1.82, 2.24) is 0 Å². The molecule has 1 heteroatoms. The molecule has 2 bridgehead atoms. The monoisotopic (exact) mass is 653 g/mol. The highest BCUT2D eigenvalue weighted by molar-refractivity contribution is 5.76. The summed E-state index contributed by atoms with van der Waals surface area (Å²) in [6.07, 6.45) is 30.0. The molecule has 6 rings (SSSR count). The van der Waals surface area contributed by atoms with Crippen molar-refractivity contribution in [3.8, 4) is 0 Å². The van der Waals surface area contributed by atoms with Crippen LogP contribution in [0.15, 0.2) is 158 Å². The summed E-state index contributed by atoms with van der Waals surface area (Å²) < 4.78 is 0. The molecule has 0 aliphatic heterocycles. The van der Waals surface area contributed by atoms with E-state index < -0.39 is 0 Å². The fourth-order valence-electron chi connectivity index (χ4n) is 7.20. The van der Waals surface area contributed by atoms with Gasteiger partial charge in [-0.2, -0.15) is 0 Å². The van der Waals surface area contributed by atoms with Crippen LogP contribution >= 0.6 is 0 Å². The summed E-state index contributed by atoms with van der Waals surface area (Å²) in [5.74, 6) is 0.585. The van der Waals surface area contributed by atoms with E-state index >= 15 is 0 Å². The quantitative estimate of drug-likeness (QED) is 0.219. The summed E-state index contributed by atoms with van der Waals surface area (Å²) in [6.45, 7) is 28.0. The molecule has 2 unspecified atom stereocenters. The fourth-order valence-corrected chi connectivity index (χ4v) is 7.20. The normalized spacial score (nSPS) is 18.8. The standard InChI is InChI=1S/C47H45N.C2H6/c1-8-39-27-38(28-46-35(6)43-29-41-17-13-14-18-42(41)30-44(31-43)36(46)7)19-21-40(39)23-24-48(47-33(4)25-32(3)26-34(47)5)45(9-2)22-20-37-15-11-10-12-16-37;1-2/h8-15,17-30,43-44H,1-2,6-7,16,31H2,3-5H3;1-2H3/b24-23+,37-20-,45-22+,46-28?;. The Kier molecular flexibility index (Phi) is 11.7. The zero-order chi connectivity index (χ0) is 35.8. The zero-order valence-electron chi connectivity index (χ0n) is 30.5. The molecule has 1 fully saturated rings. The number of fused-ring (bicyclic) bond motifs is 3. The van der Waals surface area contributed by atoms with Gasteiger partial charge >= 0.3 is 0 Å². The topological polar surface area (TPSA) is 3.24 Å². The Balaban J connectivity index is 0.00000239. The van der Waals surface area contributed by atoms with E-state index in [0.29, 0.717) is 11.8 Å². The SMILES string of the molecule is C=C/C(=C\C=C1\C=CC=CC1)N(/C=C/c1ccc(C=C2C(=C)C3C=c4ccccc4=CC(C3)C2=C)cc1C=C)c1c(C)cc(C)cc1C.CC. The smallest absolute Gasteiger partial charge is 0.0514 e. The molecule has 3 aromatic carbocycles. The van der Waals surface area contributed by atoms with Gasteiger partial charge in [-0.1, -0.05) is 143 Å². The largest absolute Gasteiger partial charge is 0.317 e. The Morgan fingerprint density at radius 3 is 2.06 bits per heavy atom. The maximum absolute atomic E-state index is 4.57. The van der Waals surface area contributed by atoms with Crippen LogP contribution in [0.5, 0.6) is 0 Å². The summed E-state index contributed by atoms with van der Waals surface area (Å²) in [5.41, 5.74) is 13.8. The second kappa shape index (κ2) is 16.3. The van der Waals surface area contributed by atoms with E-state index in [1.807, 2.05) is 26.0 Å². The first kappa shape index (κ1) is 35.9. The lowest BCUT2D eigenvalue weighted by Gasteiger charge is -2.31. The molecule has 3 aliphatic carbocycles. The van der Waals surface area contributed by atoms with Gasteiger partial charge in [-0.05, 0) is 125 Å². The lowest BCUT2D eigenvalue weighted by molar-refractivity contribution is 0.603.